The Labute approximate surface area is 88.5 Å². The lowest BCUT2D eigenvalue weighted by molar-refractivity contribution is 0.487. The summed E-state index contributed by atoms with van der Waals surface area (Å²) in [5.74, 6) is -3.35. The Bertz CT molecular complexity index is 523. The molecule has 2 N–H and O–H groups in total. The quantitative estimate of drug-likeness (QED) is 0.784. The standard InChI is InChI=1S/C9H7F3N4/c10-5-1-7(11)9(12)8(2-5)16-4-6(3-13)14-15-16/h1-2,4H,3,13H2. The summed E-state index contributed by atoms with van der Waals surface area (Å²) in [5, 5.41) is 7.10. The van der Waals surface area contributed by atoms with Crippen molar-refractivity contribution in [1.82, 2.24) is 15.0 Å². The Kier molecular flexibility index (Phi) is 2.61. The Morgan fingerprint density at radius 3 is 2.62 bits per heavy atom. The van der Waals surface area contributed by atoms with Gasteiger partial charge in [-0.05, 0) is 0 Å². The molecule has 1 aromatic carbocycles. The van der Waals surface area contributed by atoms with Crippen molar-refractivity contribution in [1.29, 1.82) is 0 Å². The van der Waals surface area contributed by atoms with Crippen molar-refractivity contribution in [3.63, 3.8) is 0 Å². The van der Waals surface area contributed by atoms with E-state index >= 15 is 0 Å². The molecule has 0 radical (unpaired) electrons. The summed E-state index contributed by atoms with van der Waals surface area (Å²) in [6.45, 7) is 0.111. The molecule has 1 heterocycles. The van der Waals surface area contributed by atoms with Crippen LogP contribution in [-0.4, -0.2) is 15.0 Å². The van der Waals surface area contributed by atoms with E-state index in [1.54, 1.807) is 0 Å². The van der Waals surface area contributed by atoms with Crippen LogP contribution in [0, 0.1) is 17.5 Å². The van der Waals surface area contributed by atoms with Crippen LogP contribution in [-0.2, 0) is 6.54 Å². The molecule has 7 heteroatoms. The van der Waals surface area contributed by atoms with Gasteiger partial charge in [0, 0.05) is 18.7 Å². The highest BCUT2D eigenvalue weighted by Crippen LogP contribution is 2.17. The highest BCUT2D eigenvalue weighted by atomic mass is 19.2. The fourth-order valence-electron chi connectivity index (χ4n) is 1.22. The predicted octanol–water partition coefficient (Wildman–Crippen LogP) is 1.14. The topological polar surface area (TPSA) is 56.7 Å². The zero-order chi connectivity index (χ0) is 11.7. The molecule has 0 aliphatic rings. The number of rotatable bonds is 2. The molecule has 0 fully saturated rings. The van der Waals surface area contributed by atoms with Crippen LogP contribution in [0.5, 0.6) is 0 Å². The fourth-order valence-corrected chi connectivity index (χ4v) is 1.22. The summed E-state index contributed by atoms with van der Waals surface area (Å²) in [7, 11) is 0. The number of nitrogens with zero attached hydrogens (tertiary/aromatic N) is 3. The number of halogens is 3. The average Bonchev–Trinajstić information content (AvgIpc) is 2.71. The van der Waals surface area contributed by atoms with Gasteiger partial charge in [0.1, 0.15) is 11.5 Å². The lowest BCUT2D eigenvalue weighted by Gasteiger charge is -2.02. The summed E-state index contributed by atoms with van der Waals surface area (Å²) in [5.41, 5.74) is 5.33. The molecule has 0 spiro atoms. The van der Waals surface area contributed by atoms with Gasteiger partial charge in [-0.1, -0.05) is 5.21 Å². The van der Waals surface area contributed by atoms with Crippen molar-refractivity contribution >= 4 is 0 Å². The molecule has 0 saturated heterocycles. The normalized spacial score (nSPS) is 10.8. The SMILES string of the molecule is NCc1cn(-c2cc(F)cc(F)c2F)nn1. The highest BCUT2D eigenvalue weighted by molar-refractivity contribution is 5.33. The second-order valence-electron chi connectivity index (χ2n) is 3.08. The van der Waals surface area contributed by atoms with Crippen LogP contribution in [0.3, 0.4) is 0 Å². The number of nitrogens with two attached hydrogens (primary N) is 1. The van der Waals surface area contributed by atoms with E-state index in [1.165, 1.54) is 6.20 Å². The first-order valence-corrected chi connectivity index (χ1v) is 4.38. The zero-order valence-corrected chi connectivity index (χ0v) is 7.99. The van der Waals surface area contributed by atoms with Crippen LogP contribution in [0.4, 0.5) is 13.2 Å². The molecular formula is C9H7F3N4. The molecule has 0 aliphatic carbocycles. The molecule has 84 valence electrons. The molecular weight excluding hydrogens is 221 g/mol. The van der Waals surface area contributed by atoms with E-state index in [-0.39, 0.29) is 12.2 Å². The van der Waals surface area contributed by atoms with Crippen LogP contribution < -0.4 is 5.73 Å². The minimum absolute atomic E-state index is 0.111. The van der Waals surface area contributed by atoms with Gasteiger partial charge in [-0.2, -0.15) is 0 Å². The Morgan fingerprint density at radius 1 is 1.25 bits per heavy atom. The molecule has 0 bridgehead atoms. The maximum absolute atomic E-state index is 13.3. The van der Waals surface area contributed by atoms with E-state index in [0.717, 1.165) is 10.7 Å². The lowest BCUT2D eigenvalue weighted by Crippen LogP contribution is -2.02. The van der Waals surface area contributed by atoms with Crippen molar-refractivity contribution in [3.05, 3.63) is 41.5 Å². The first-order chi connectivity index (χ1) is 7.61. The van der Waals surface area contributed by atoms with E-state index in [4.69, 9.17) is 5.73 Å². The maximum atomic E-state index is 13.3. The summed E-state index contributed by atoms with van der Waals surface area (Å²) in [6.07, 6.45) is 1.30. The molecule has 16 heavy (non-hydrogen) atoms. The second-order valence-corrected chi connectivity index (χ2v) is 3.08. The van der Waals surface area contributed by atoms with Crippen LogP contribution in [0.2, 0.25) is 0 Å². The molecule has 0 aliphatic heterocycles. The van der Waals surface area contributed by atoms with Gasteiger partial charge >= 0.3 is 0 Å². The molecule has 0 saturated carbocycles. The number of hydrogen-bond donors (Lipinski definition) is 1. The van der Waals surface area contributed by atoms with Gasteiger partial charge in [0.2, 0.25) is 0 Å². The monoisotopic (exact) mass is 228 g/mol. The Morgan fingerprint density at radius 2 is 2.00 bits per heavy atom. The molecule has 0 amide bonds. The number of aromatic nitrogens is 3. The van der Waals surface area contributed by atoms with Crippen molar-refractivity contribution in [2.45, 2.75) is 6.54 Å². The smallest absolute Gasteiger partial charge is 0.184 e. The van der Waals surface area contributed by atoms with Gasteiger partial charge in [0.15, 0.2) is 11.6 Å². The molecule has 2 aromatic rings. The third-order valence-corrected chi connectivity index (χ3v) is 1.97. The Balaban J connectivity index is 2.54. The van der Waals surface area contributed by atoms with Crippen LogP contribution in [0.1, 0.15) is 5.69 Å². The average molecular weight is 228 g/mol. The van der Waals surface area contributed by atoms with Gasteiger partial charge in [-0.15, -0.1) is 5.10 Å². The third kappa shape index (κ3) is 1.76. The van der Waals surface area contributed by atoms with Gasteiger partial charge in [-0.25, -0.2) is 17.9 Å². The minimum Gasteiger partial charge on any atom is -0.325 e. The van der Waals surface area contributed by atoms with Crippen LogP contribution in [0.25, 0.3) is 5.69 Å². The summed E-state index contributed by atoms with van der Waals surface area (Å²) in [6, 6.07) is 1.28. The van der Waals surface area contributed by atoms with E-state index in [0.29, 0.717) is 11.8 Å². The summed E-state index contributed by atoms with van der Waals surface area (Å²) < 4.78 is 40.1. The van der Waals surface area contributed by atoms with Gasteiger partial charge in [0.05, 0.1) is 11.9 Å². The second kappa shape index (κ2) is 3.93. The summed E-state index contributed by atoms with van der Waals surface area (Å²) >= 11 is 0. The van der Waals surface area contributed by atoms with Gasteiger partial charge < -0.3 is 5.73 Å². The molecule has 1 aromatic heterocycles. The zero-order valence-electron chi connectivity index (χ0n) is 7.99. The van der Waals surface area contributed by atoms with Crippen molar-refractivity contribution in [3.8, 4) is 5.69 Å². The van der Waals surface area contributed by atoms with Gasteiger partial charge in [-0.3, -0.25) is 0 Å². The predicted molar refractivity (Wildman–Crippen MR) is 49.1 cm³/mol. The first-order valence-electron chi connectivity index (χ1n) is 4.38. The molecule has 2 rings (SSSR count). The van der Waals surface area contributed by atoms with E-state index in [1.807, 2.05) is 0 Å². The van der Waals surface area contributed by atoms with Crippen LogP contribution in [0.15, 0.2) is 18.3 Å². The largest absolute Gasteiger partial charge is 0.325 e. The summed E-state index contributed by atoms with van der Waals surface area (Å²) in [4.78, 5) is 0. The molecule has 0 unspecified atom stereocenters. The van der Waals surface area contributed by atoms with Crippen LogP contribution >= 0.6 is 0 Å². The Hall–Kier alpha value is -1.89. The van der Waals surface area contributed by atoms with E-state index in [9.17, 15) is 13.2 Å². The maximum Gasteiger partial charge on any atom is 0.184 e. The third-order valence-electron chi connectivity index (χ3n) is 1.97. The first kappa shape index (κ1) is 10.6. The molecule has 4 nitrogen and oxygen atoms in total. The van der Waals surface area contributed by atoms with Crippen molar-refractivity contribution < 1.29 is 13.2 Å². The lowest BCUT2D eigenvalue weighted by atomic mass is 10.3. The van der Waals surface area contributed by atoms with E-state index in [2.05, 4.69) is 10.3 Å². The fraction of sp³-hybridized carbons (Fsp3) is 0.111. The number of hydrogen-bond acceptors (Lipinski definition) is 3. The van der Waals surface area contributed by atoms with Crippen molar-refractivity contribution in [2.24, 2.45) is 5.73 Å². The van der Waals surface area contributed by atoms with E-state index < -0.39 is 17.5 Å². The van der Waals surface area contributed by atoms with Crippen molar-refractivity contribution in [2.75, 3.05) is 0 Å². The number of benzene rings is 1. The highest BCUT2D eigenvalue weighted by Gasteiger charge is 2.13. The molecule has 0 atom stereocenters. The van der Waals surface area contributed by atoms with Gasteiger partial charge in [0.25, 0.3) is 0 Å². The minimum atomic E-state index is -1.28.